The lowest BCUT2D eigenvalue weighted by molar-refractivity contribution is 0.0511. The Morgan fingerprint density at radius 1 is 1.00 bits per heavy atom. The second-order valence-electron chi connectivity index (χ2n) is 7.06. The highest BCUT2D eigenvalue weighted by Crippen LogP contribution is 2.40. The van der Waals surface area contributed by atoms with Gasteiger partial charge in [-0.3, -0.25) is 4.79 Å². The van der Waals surface area contributed by atoms with Gasteiger partial charge in [0.15, 0.2) is 0 Å². The molecule has 2 aromatic carbocycles. The van der Waals surface area contributed by atoms with E-state index >= 15 is 0 Å². The molecule has 2 aromatic rings. The van der Waals surface area contributed by atoms with E-state index in [2.05, 4.69) is 19.0 Å². The average Bonchev–Trinajstić information content (AvgIpc) is 2.95. The molecular formula is C21H22N2O2. The fraction of sp³-hybridized carbons (Fsp3) is 0.333. The Balaban J connectivity index is 1.87. The number of nitrogens with zero attached hydrogens (tertiary/aromatic N) is 2. The van der Waals surface area contributed by atoms with Crippen LogP contribution in [-0.2, 0) is 0 Å². The summed E-state index contributed by atoms with van der Waals surface area (Å²) in [6.45, 7) is 4.26. The Hall–Kier alpha value is -2.62. The zero-order chi connectivity index (χ0) is 17.6. The fourth-order valence-corrected chi connectivity index (χ4v) is 4.34. The topological polar surface area (TPSA) is 52.9 Å². The van der Waals surface area contributed by atoms with E-state index in [1.807, 2.05) is 47.4 Å². The molecule has 0 aromatic heterocycles. The number of carbonyl (C=O) groups is 1. The summed E-state index contributed by atoms with van der Waals surface area (Å²) < 4.78 is 0. The van der Waals surface area contributed by atoms with Crippen LogP contribution < -0.4 is 0 Å². The molecule has 1 amide bonds. The van der Waals surface area contributed by atoms with E-state index in [-0.39, 0.29) is 18.0 Å². The van der Waals surface area contributed by atoms with Crippen LogP contribution in [0, 0.1) is 0 Å². The van der Waals surface area contributed by atoms with Crippen molar-refractivity contribution in [1.82, 2.24) is 4.90 Å². The van der Waals surface area contributed by atoms with Crippen LogP contribution >= 0.6 is 0 Å². The van der Waals surface area contributed by atoms with E-state index in [1.165, 1.54) is 6.42 Å². The normalized spacial score (nSPS) is 23.4. The van der Waals surface area contributed by atoms with Crippen molar-refractivity contribution in [3.05, 3.63) is 59.2 Å². The molecule has 1 saturated heterocycles. The van der Waals surface area contributed by atoms with Crippen LogP contribution in [0.2, 0.25) is 0 Å². The van der Waals surface area contributed by atoms with Crippen molar-refractivity contribution in [2.75, 3.05) is 0 Å². The Morgan fingerprint density at radius 3 is 2.32 bits per heavy atom. The second kappa shape index (κ2) is 6.03. The average molecular weight is 334 g/mol. The minimum atomic E-state index is 0.0746. The summed E-state index contributed by atoms with van der Waals surface area (Å²) in [6.07, 6.45) is 3.26. The van der Waals surface area contributed by atoms with Crippen molar-refractivity contribution in [3.63, 3.8) is 0 Å². The molecule has 2 atom stereocenters. The molecule has 4 heteroatoms. The van der Waals surface area contributed by atoms with Gasteiger partial charge in [-0.05, 0) is 44.7 Å². The summed E-state index contributed by atoms with van der Waals surface area (Å²) in [7, 11) is 0. The third kappa shape index (κ3) is 2.36. The lowest BCUT2D eigenvalue weighted by atomic mass is 9.93. The molecule has 4 nitrogen and oxygen atoms in total. The molecular weight excluding hydrogens is 312 g/mol. The van der Waals surface area contributed by atoms with Crippen LogP contribution in [0.25, 0.3) is 11.1 Å². The summed E-state index contributed by atoms with van der Waals surface area (Å²) in [5.41, 5.74) is 4.79. The molecule has 128 valence electrons. The number of piperidine rings is 1. The van der Waals surface area contributed by atoms with Crippen LogP contribution in [0.5, 0.6) is 0 Å². The molecule has 0 radical (unpaired) electrons. The SMILES string of the molecule is C[C@@H]1CCC[C@@H](C)N1C(=O)c1cccc2c1-c1ccccc1/C2=N/O. The molecule has 1 aliphatic carbocycles. The van der Waals surface area contributed by atoms with Gasteiger partial charge in [-0.2, -0.15) is 0 Å². The van der Waals surface area contributed by atoms with Crippen molar-refractivity contribution in [3.8, 4) is 11.1 Å². The van der Waals surface area contributed by atoms with Crippen LogP contribution in [-0.4, -0.2) is 33.8 Å². The maximum absolute atomic E-state index is 13.4. The molecule has 25 heavy (non-hydrogen) atoms. The molecule has 0 unspecified atom stereocenters. The van der Waals surface area contributed by atoms with Crippen molar-refractivity contribution < 1.29 is 10.0 Å². The summed E-state index contributed by atoms with van der Waals surface area (Å²) in [4.78, 5) is 15.4. The maximum Gasteiger partial charge on any atom is 0.254 e. The van der Waals surface area contributed by atoms with Crippen LogP contribution in [0.4, 0.5) is 0 Å². The van der Waals surface area contributed by atoms with Crippen molar-refractivity contribution in [2.45, 2.75) is 45.2 Å². The number of benzene rings is 2. The first kappa shape index (κ1) is 15.9. The van der Waals surface area contributed by atoms with E-state index < -0.39 is 0 Å². The highest BCUT2D eigenvalue weighted by Gasteiger charge is 2.34. The molecule has 0 spiro atoms. The highest BCUT2D eigenvalue weighted by molar-refractivity contribution is 6.26. The van der Waals surface area contributed by atoms with Gasteiger partial charge in [-0.1, -0.05) is 41.6 Å². The molecule has 0 bridgehead atoms. The molecule has 1 N–H and O–H groups in total. The number of rotatable bonds is 1. The third-order valence-electron chi connectivity index (χ3n) is 5.53. The minimum Gasteiger partial charge on any atom is -0.410 e. The monoisotopic (exact) mass is 334 g/mol. The Labute approximate surface area is 147 Å². The molecule has 4 rings (SSSR count). The van der Waals surface area contributed by atoms with E-state index in [4.69, 9.17) is 0 Å². The van der Waals surface area contributed by atoms with Crippen LogP contribution in [0.1, 0.15) is 54.6 Å². The highest BCUT2D eigenvalue weighted by atomic mass is 16.4. The summed E-state index contributed by atoms with van der Waals surface area (Å²) in [6, 6.07) is 14.0. The zero-order valence-electron chi connectivity index (χ0n) is 14.6. The number of carbonyl (C=O) groups excluding carboxylic acids is 1. The largest absolute Gasteiger partial charge is 0.410 e. The molecule has 1 aliphatic heterocycles. The first-order valence-corrected chi connectivity index (χ1v) is 8.91. The summed E-state index contributed by atoms with van der Waals surface area (Å²) >= 11 is 0. The Morgan fingerprint density at radius 2 is 1.64 bits per heavy atom. The van der Waals surface area contributed by atoms with E-state index in [0.717, 1.165) is 35.1 Å². The van der Waals surface area contributed by atoms with Gasteiger partial charge in [0.25, 0.3) is 5.91 Å². The van der Waals surface area contributed by atoms with Gasteiger partial charge in [-0.15, -0.1) is 0 Å². The van der Waals surface area contributed by atoms with Gasteiger partial charge in [0.1, 0.15) is 5.71 Å². The van der Waals surface area contributed by atoms with Crippen molar-refractivity contribution in [2.24, 2.45) is 5.16 Å². The Bertz CT molecular complexity index is 862. The molecule has 2 aliphatic rings. The smallest absolute Gasteiger partial charge is 0.254 e. The molecule has 0 saturated carbocycles. The number of hydrogen-bond acceptors (Lipinski definition) is 3. The van der Waals surface area contributed by atoms with E-state index in [0.29, 0.717) is 11.3 Å². The fourth-order valence-electron chi connectivity index (χ4n) is 4.34. The number of amides is 1. The van der Waals surface area contributed by atoms with Gasteiger partial charge < -0.3 is 10.1 Å². The first-order chi connectivity index (χ1) is 12.1. The van der Waals surface area contributed by atoms with Crippen molar-refractivity contribution in [1.29, 1.82) is 0 Å². The number of hydrogen-bond donors (Lipinski definition) is 1. The van der Waals surface area contributed by atoms with Crippen LogP contribution in [0.3, 0.4) is 0 Å². The number of oxime groups is 1. The minimum absolute atomic E-state index is 0.0746. The predicted molar refractivity (Wildman–Crippen MR) is 98.2 cm³/mol. The molecule has 1 fully saturated rings. The van der Waals surface area contributed by atoms with E-state index in [1.54, 1.807) is 0 Å². The third-order valence-corrected chi connectivity index (χ3v) is 5.53. The van der Waals surface area contributed by atoms with Crippen molar-refractivity contribution >= 4 is 11.6 Å². The van der Waals surface area contributed by atoms with Gasteiger partial charge in [0, 0.05) is 34.3 Å². The van der Waals surface area contributed by atoms with Gasteiger partial charge in [0.2, 0.25) is 0 Å². The number of likely N-dealkylation sites (tertiary alicyclic amines) is 1. The summed E-state index contributed by atoms with van der Waals surface area (Å²) in [5, 5.41) is 13.0. The lowest BCUT2D eigenvalue weighted by Gasteiger charge is -2.39. The van der Waals surface area contributed by atoms with Gasteiger partial charge >= 0.3 is 0 Å². The lowest BCUT2D eigenvalue weighted by Crippen LogP contribution is -2.47. The van der Waals surface area contributed by atoms with Gasteiger partial charge in [-0.25, -0.2) is 0 Å². The number of fused-ring (bicyclic) bond motifs is 3. The zero-order valence-corrected chi connectivity index (χ0v) is 14.6. The standard InChI is InChI=1S/C21H22N2O2/c1-13-7-5-8-14(2)23(13)21(24)18-12-6-11-17-19(18)15-9-3-4-10-16(15)20(17)22-25/h3-4,6,9-14,25H,5,7-8H2,1-2H3/b22-20-/t13-,14-/m1/s1. The van der Waals surface area contributed by atoms with E-state index in [9.17, 15) is 10.0 Å². The quantitative estimate of drug-likeness (QED) is 0.533. The first-order valence-electron chi connectivity index (χ1n) is 8.91. The second-order valence-corrected chi connectivity index (χ2v) is 7.06. The predicted octanol–water partition coefficient (Wildman–Crippen LogP) is 4.30. The molecule has 1 heterocycles. The summed E-state index contributed by atoms with van der Waals surface area (Å²) in [5.74, 6) is 0.0746. The van der Waals surface area contributed by atoms with Gasteiger partial charge in [0.05, 0.1) is 0 Å². The maximum atomic E-state index is 13.4. The van der Waals surface area contributed by atoms with Crippen LogP contribution in [0.15, 0.2) is 47.6 Å². The Kier molecular flexibility index (Phi) is 3.83.